The number of ether oxygens (including phenoxy) is 1. The molecule has 0 N–H and O–H groups in total. The van der Waals surface area contributed by atoms with Crippen molar-refractivity contribution in [2.75, 3.05) is 7.11 Å². The lowest BCUT2D eigenvalue weighted by atomic mass is 9.64. The summed E-state index contributed by atoms with van der Waals surface area (Å²) in [6.07, 6.45) is 6.40. The Morgan fingerprint density at radius 2 is 1.71 bits per heavy atom. The van der Waals surface area contributed by atoms with Gasteiger partial charge in [-0.05, 0) is 50.8 Å². The molecule has 2 aliphatic carbocycles. The maximum Gasteiger partial charge on any atom is 0.118 e. The van der Waals surface area contributed by atoms with Gasteiger partial charge in [0.2, 0.25) is 0 Å². The zero-order chi connectivity index (χ0) is 14.7. The first-order valence-electron chi connectivity index (χ1n) is 8.13. The van der Waals surface area contributed by atoms with Crippen molar-refractivity contribution in [1.82, 2.24) is 0 Å². The molecule has 2 saturated carbocycles. The second-order valence-electron chi connectivity index (χ2n) is 7.44. The molecule has 3 nitrogen and oxygen atoms in total. The Morgan fingerprint density at radius 3 is 2.33 bits per heavy atom. The maximum atomic E-state index is 5.29. The van der Waals surface area contributed by atoms with E-state index < -0.39 is 0 Å². The van der Waals surface area contributed by atoms with Gasteiger partial charge in [-0.3, -0.25) is 0 Å². The fourth-order valence-electron chi connectivity index (χ4n) is 5.49. The first-order chi connectivity index (χ1) is 10.0. The van der Waals surface area contributed by atoms with Crippen LogP contribution < -0.4 is 4.74 Å². The molecule has 0 amide bonds. The Labute approximate surface area is 126 Å². The van der Waals surface area contributed by atoms with Gasteiger partial charge in [-0.1, -0.05) is 25.0 Å². The largest absolute Gasteiger partial charge is 0.497 e. The van der Waals surface area contributed by atoms with Gasteiger partial charge < -0.3 is 4.74 Å². The van der Waals surface area contributed by atoms with Crippen LogP contribution in [0.1, 0.15) is 57.4 Å². The average molecular weight is 284 g/mol. The molecule has 3 atom stereocenters. The van der Waals surface area contributed by atoms with Gasteiger partial charge in [0.15, 0.2) is 0 Å². The van der Waals surface area contributed by atoms with Crippen LogP contribution in [0.5, 0.6) is 5.75 Å². The Kier molecular flexibility index (Phi) is 2.59. The molecule has 3 heteroatoms. The van der Waals surface area contributed by atoms with Gasteiger partial charge in [0, 0.05) is 11.3 Å². The van der Waals surface area contributed by atoms with Crippen molar-refractivity contribution in [3.8, 4) is 5.75 Å². The van der Waals surface area contributed by atoms with Crippen LogP contribution in [-0.2, 0) is 0 Å². The molecule has 3 aliphatic rings. The van der Waals surface area contributed by atoms with Gasteiger partial charge in [0.1, 0.15) is 5.75 Å². The van der Waals surface area contributed by atoms with E-state index in [1.807, 2.05) is 0 Å². The van der Waals surface area contributed by atoms with Crippen LogP contribution in [0.3, 0.4) is 0 Å². The summed E-state index contributed by atoms with van der Waals surface area (Å²) >= 11 is 0. The van der Waals surface area contributed by atoms with E-state index in [0.29, 0.717) is 11.3 Å². The van der Waals surface area contributed by atoms with Crippen molar-refractivity contribution < 1.29 is 4.74 Å². The highest BCUT2D eigenvalue weighted by Crippen LogP contribution is 2.72. The van der Waals surface area contributed by atoms with Crippen molar-refractivity contribution >= 4 is 0 Å². The van der Waals surface area contributed by atoms with Crippen LogP contribution in [0, 0.1) is 5.41 Å². The van der Waals surface area contributed by atoms with Crippen molar-refractivity contribution in [3.05, 3.63) is 29.8 Å². The van der Waals surface area contributed by atoms with Crippen molar-refractivity contribution in [2.45, 2.75) is 62.9 Å². The third-order valence-corrected chi connectivity index (χ3v) is 6.73. The Balaban J connectivity index is 1.77. The third-order valence-electron chi connectivity index (χ3n) is 6.73. The summed E-state index contributed by atoms with van der Waals surface area (Å²) in [7, 11) is 1.72. The van der Waals surface area contributed by atoms with Crippen LogP contribution >= 0.6 is 0 Å². The van der Waals surface area contributed by atoms with Gasteiger partial charge >= 0.3 is 0 Å². The molecule has 1 aromatic carbocycles. The molecule has 2 bridgehead atoms. The zero-order valence-corrected chi connectivity index (χ0v) is 13.2. The third kappa shape index (κ3) is 1.45. The van der Waals surface area contributed by atoms with Gasteiger partial charge in [-0.15, -0.1) is 0 Å². The van der Waals surface area contributed by atoms with E-state index in [-0.39, 0.29) is 11.1 Å². The summed E-state index contributed by atoms with van der Waals surface area (Å²) in [6, 6.07) is 8.59. The highest BCUT2D eigenvalue weighted by molar-refractivity contribution is 5.39. The Morgan fingerprint density at radius 1 is 1.05 bits per heavy atom. The first-order valence-corrected chi connectivity index (χ1v) is 8.13. The normalized spacial score (nSPS) is 39.3. The lowest BCUT2D eigenvalue weighted by molar-refractivity contribution is 0.145. The second kappa shape index (κ2) is 4.08. The topological polar surface area (TPSA) is 34.0 Å². The van der Waals surface area contributed by atoms with Gasteiger partial charge in [-0.2, -0.15) is 10.2 Å². The van der Waals surface area contributed by atoms with E-state index in [9.17, 15) is 0 Å². The SMILES string of the molecule is COc1ccc([C@@H]2C[C@]3(C)N=N[C@@]2(C)C32CCCC2)cc1. The summed E-state index contributed by atoms with van der Waals surface area (Å²) in [5.74, 6) is 1.42. The van der Waals surface area contributed by atoms with E-state index in [4.69, 9.17) is 15.0 Å². The Bertz CT molecular complexity index is 588. The lowest BCUT2D eigenvalue weighted by Gasteiger charge is -2.40. The predicted molar refractivity (Wildman–Crippen MR) is 82.9 cm³/mol. The molecule has 0 unspecified atom stereocenters. The number of nitrogens with zero attached hydrogens (tertiary/aromatic N) is 2. The number of hydrogen-bond acceptors (Lipinski definition) is 3. The molecule has 1 aromatic rings. The smallest absolute Gasteiger partial charge is 0.118 e. The maximum absolute atomic E-state index is 5.29. The Hall–Kier alpha value is -1.38. The zero-order valence-electron chi connectivity index (χ0n) is 13.2. The molecule has 2 fully saturated rings. The molecule has 112 valence electrons. The molecular weight excluding hydrogens is 260 g/mol. The second-order valence-corrected chi connectivity index (χ2v) is 7.44. The first kappa shape index (κ1) is 13.3. The van der Waals surface area contributed by atoms with Crippen LogP contribution in [0.2, 0.25) is 0 Å². The predicted octanol–water partition coefficient (Wildman–Crippen LogP) is 4.73. The lowest BCUT2D eigenvalue weighted by Crippen LogP contribution is -2.45. The standard InChI is InChI=1S/C18H24N2O/c1-16-12-15(13-6-8-14(21-3)9-7-13)17(2,20-19-16)18(16)10-4-5-11-18/h6-9,15H,4-5,10-12H2,1-3H3/t15-,16-,17+/m0/s1. The van der Waals surface area contributed by atoms with Crippen LogP contribution in [0.4, 0.5) is 0 Å². The van der Waals surface area contributed by atoms with E-state index in [1.165, 1.54) is 31.2 Å². The fraction of sp³-hybridized carbons (Fsp3) is 0.667. The van der Waals surface area contributed by atoms with Crippen molar-refractivity contribution in [3.63, 3.8) is 0 Å². The number of benzene rings is 1. The van der Waals surface area contributed by atoms with E-state index in [2.05, 4.69) is 38.1 Å². The molecule has 1 heterocycles. The minimum Gasteiger partial charge on any atom is -0.497 e. The van der Waals surface area contributed by atoms with Crippen LogP contribution in [-0.4, -0.2) is 18.2 Å². The summed E-state index contributed by atoms with van der Waals surface area (Å²) in [6.45, 7) is 4.70. The minimum absolute atomic E-state index is 0.0210. The molecule has 1 aliphatic heterocycles. The molecule has 0 saturated heterocycles. The monoisotopic (exact) mass is 284 g/mol. The minimum atomic E-state index is -0.0210. The molecule has 0 radical (unpaired) electrons. The highest BCUT2D eigenvalue weighted by Gasteiger charge is 2.72. The number of azo groups is 1. The van der Waals surface area contributed by atoms with E-state index >= 15 is 0 Å². The van der Waals surface area contributed by atoms with Gasteiger partial charge in [-0.25, -0.2) is 0 Å². The fourth-order valence-corrected chi connectivity index (χ4v) is 5.49. The van der Waals surface area contributed by atoms with E-state index in [0.717, 1.165) is 12.2 Å². The quantitative estimate of drug-likeness (QED) is 0.773. The van der Waals surface area contributed by atoms with Crippen molar-refractivity contribution in [2.24, 2.45) is 15.6 Å². The van der Waals surface area contributed by atoms with Crippen molar-refractivity contribution in [1.29, 1.82) is 0 Å². The summed E-state index contributed by atoms with van der Waals surface area (Å²) < 4.78 is 5.29. The van der Waals surface area contributed by atoms with E-state index in [1.54, 1.807) is 7.11 Å². The molecule has 0 aromatic heterocycles. The highest BCUT2D eigenvalue weighted by atomic mass is 16.5. The van der Waals surface area contributed by atoms with Crippen LogP contribution in [0.25, 0.3) is 0 Å². The summed E-state index contributed by atoms with van der Waals surface area (Å²) in [5.41, 5.74) is 1.72. The average Bonchev–Trinajstić information content (AvgIpc) is 3.13. The number of hydrogen-bond donors (Lipinski definition) is 0. The van der Waals surface area contributed by atoms with Gasteiger partial charge in [0.25, 0.3) is 0 Å². The molecule has 21 heavy (non-hydrogen) atoms. The molecule has 4 rings (SSSR count). The summed E-state index contributed by atoms with van der Waals surface area (Å²) in [4.78, 5) is 0. The number of rotatable bonds is 2. The number of methoxy groups -OCH3 is 1. The molecular formula is C18H24N2O. The summed E-state index contributed by atoms with van der Waals surface area (Å²) in [5, 5.41) is 9.59. The molecule has 1 spiro atoms. The van der Waals surface area contributed by atoms with Crippen LogP contribution in [0.15, 0.2) is 34.5 Å². The van der Waals surface area contributed by atoms with Gasteiger partial charge in [0.05, 0.1) is 18.2 Å².